The molecule has 1 aliphatic rings. The van der Waals surface area contributed by atoms with E-state index in [0.717, 1.165) is 17.0 Å². The number of nitrogens with one attached hydrogen (secondary N) is 1. The van der Waals surface area contributed by atoms with Gasteiger partial charge in [0.1, 0.15) is 0 Å². The molecular weight excluding hydrogens is 300 g/mol. The van der Waals surface area contributed by atoms with Gasteiger partial charge in [-0.1, -0.05) is 6.92 Å². The average Bonchev–Trinajstić information content (AvgIpc) is 2.61. The Bertz CT molecular complexity index is 629. The second kappa shape index (κ2) is 6.91. The van der Waals surface area contributed by atoms with Crippen LogP contribution in [-0.4, -0.2) is 47.6 Å². The maximum absolute atomic E-state index is 12.3. The second-order valence-electron chi connectivity index (χ2n) is 6.07. The third kappa shape index (κ3) is 3.95. The van der Waals surface area contributed by atoms with Crippen LogP contribution in [0.5, 0.6) is 0 Å². The van der Waals surface area contributed by atoms with Crippen LogP contribution in [0, 0.1) is 6.92 Å². The zero-order valence-corrected chi connectivity index (χ0v) is 14.7. The minimum absolute atomic E-state index is 0.216. The molecule has 0 saturated heterocycles. The number of fused-ring (bicyclic) bond motifs is 1. The number of nitrogens with zero attached hydrogens (tertiary/aromatic N) is 3. The molecule has 0 aliphatic carbocycles. The molecule has 124 valence electrons. The first kappa shape index (κ1) is 17.1. The van der Waals surface area contributed by atoms with Crippen molar-refractivity contribution in [2.75, 3.05) is 24.2 Å². The predicted octanol–water partition coefficient (Wildman–Crippen LogP) is 1.75. The Balaban J connectivity index is 2.23. The van der Waals surface area contributed by atoms with E-state index in [4.69, 9.17) is 0 Å². The van der Waals surface area contributed by atoms with Crippen molar-refractivity contribution in [3.8, 4) is 0 Å². The van der Waals surface area contributed by atoms with E-state index in [1.165, 1.54) is 0 Å². The van der Waals surface area contributed by atoms with Gasteiger partial charge < -0.3 is 5.32 Å². The van der Waals surface area contributed by atoms with Gasteiger partial charge in [0, 0.05) is 31.2 Å². The molecule has 0 unspecified atom stereocenters. The topological polar surface area (TPSA) is 75.2 Å². The number of rotatable bonds is 5. The summed E-state index contributed by atoms with van der Waals surface area (Å²) < 4.78 is 26.1. The molecule has 6 nitrogen and oxygen atoms in total. The predicted molar refractivity (Wildman–Crippen MR) is 88.6 cm³/mol. The summed E-state index contributed by atoms with van der Waals surface area (Å²) in [5.41, 5.74) is 3.02. The molecule has 7 heteroatoms. The van der Waals surface area contributed by atoms with Gasteiger partial charge in [0.2, 0.25) is 16.0 Å². The van der Waals surface area contributed by atoms with Crippen LogP contribution in [0.1, 0.15) is 44.1 Å². The smallest absolute Gasteiger partial charge is 0.223 e. The van der Waals surface area contributed by atoms with Crippen molar-refractivity contribution in [2.24, 2.45) is 0 Å². The minimum atomic E-state index is -3.15. The van der Waals surface area contributed by atoms with Gasteiger partial charge in [0.15, 0.2) is 0 Å². The highest BCUT2D eigenvalue weighted by Crippen LogP contribution is 2.20. The van der Waals surface area contributed by atoms with Crippen molar-refractivity contribution in [3.05, 3.63) is 17.0 Å². The zero-order chi connectivity index (χ0) is 16.3. The Morgan fingerprint density at radius 2 is 1.91 bits per heavy atom. The lowest BCUT2D eigenvalue weighted by Crippen LogP contribution is -2.35. The Labute approximate surface area is 133 Å². The Hall–Kier alpha value is -1.21. The summed E-state index contributed by atoms with van der Waals surface area (Å²) in [4.78, 5) is 9.09. The molecule has 0 aromatic carbocycles. The van der Waals surface area contributed by atoms with Gasteiger partial charge >= 0.3 is 0 Å². The van der Waals surface area contributed by atoms with E-state index in [1.807, 2.05) is 27.7 Å². The molecule has 2 rings (SSSR count). The molecule has 1 N–H and O–H groups in total. The first-order chi connectivity index (χ1) is 10.3. The van der Waals surface area contributed by atoms with E-state index in [0.29, 0.717) is 38.3 Å². The van der Waals surface area contributed by atoms with Crippen molar-refractivity contribution >= 4 is 16.0 Å². The van der Waals surface area contributed by atoms with Crippen LogP contribution in [0.3, 0.4) is 0 Å². The average molecular weight is 326 g/mol. The van der Waals surface area contributed by atoms with Gasteiger partial charge in [-0.05, 0) is 39.2 Å². The lowest BCUT2D eigenvalue weighted by Gasteiger charge is -2.19. The van der Waals surface area contributed by atoms with E-state index >= 15 is 0 Å². The van der Waals surface area contributed by atoms with Gasteiger partial charge in [0.05, 0.1) is 11.4 Å². The van der Waals surface area contributed by atoms with Gasteiger partial charge in [-0.25, -0.2) is 22.7 Å². The standard InChI is InChI=1S/C15H26N4O2S/c1-5-10-22(20,21)19-8-6-13-12(4)17-15(16-11(2)3)18-14(13)7-9-19/h11H,5-10H2,1-4H3,(H,16,17,18). The molecular formula is C15H26N4O2S. The molecule has 1 aromatic heterocycles. The van der Waals surface area contributed by atoms with E-state index in [-0.39, 0.29) is 11.8 Å². The largest absolute Gasteiger partial charge is 0.352 e. The lowest BCUT2D eigenvalue weighted by molar-refractivity contribution is 0.425. The van der Waals surface area contributed by atoms with Crippen LogP contribution < -0.4 is 5.32 Å². The zero-order valence-electron chi connectivity index (χ0n) is 13.9. The molecule has 0 radical (unpaired) electrons. The Kier molecular flexibility index (Phi) is 5.39. The third-order valence-electron chi connectivity index (χ3n) is 3.78. The number of aromatic nitrogens is 2. The number of aryl methyl sites for hydroxylation is 1. The molecule has 0 bridgehead atoms. The van der Waals surface area contributed by atoms with Crippen LogP contribution in [-0.2, 0) is 22.9 Å². The van der Waals surface area contributed by atoms with Crippen LogP contribution >= 0.6 is 0 Å². The third-order valence-corrected chi connectivity index (χ3v) is 5.86. The molecule has 22 heavy (non-hydrogen) atoms. The number of anilines is 1. The van der Waals surface area contributed by atoms with Crippen molar-refractivity contribution in [3.63, 3.8) is 0 Å². The fourth-order valence-electron chi connectivity index (χ4n) is 2.75. The van der Waals surface area contributed by atoms with Gasteiger partial charge in [-0.15, -0.1) is 0 Å². The summed E-state index contributed by atoms with van der Waals surface area (Å²) in [5, 5.41) is 3.22. The fraction of sp³-hybridized carbons (Fsp3) is 0.733. The monoisotopic (exact) mass is 326 g/mol. The Morgan fingerprint density at radius 3 is 2.55 bits per heavy atom. The second-order valence-corrected chi connectivity index (χ2v) is 8.16. The minimum Gasteiger partial charge on any atom is -0.352 e. The highest BCUT2D eigenvalue weighted by molar-refractivity contribution is 7.89. The summed E-state index contributed by atoms with van der Waals surface area (Å²) in [6.07, 6.45) is 1.98. The van der Waals surface area contributed by atoms with Crippen LogP contribution in [0.25, 0.3) is 0 Å². The van der Waals surface area contributed by atoms with E-state index < -0.39 is 10.0 Å². The SMILES string of the molecule is CCCS(=O)(=O)N1CCc2nc(NC(C)C)nc(C)c2CC1. The fourth-order valence-corrected chi connectivity index (χ4v) is 4.27. The maximum Gasteiger partial charge on any atom is 0.223 e. The van der Waals surface area contributed by atoms with Crippen LogP contribution in [0.4, 0.5) is 5.95 Å². The first-order valence-electron chi connectivity index (χ1n) is 7.94. The first-order valence-corrected chi connectivity index (χ1v) is 9.55. The van der Waals surface area contributed by atoms with Crippen LogP contribution in [0.15, 0.2) is 0 Å². The highest BCUT2D eigenvalue weighted by atomic mass is 32.2. The van der Waals surface area contributed by atoms with E-state index in [1.54, 1.807) is 4.31 Å². The summed E-state index contributed by atoms with van der Waals surface area (Å²) in [7, 11) is -3.15. The van der Waals surface area contributed by atoms with Gasteiger partial charge in [-0.3, -0.25) is 0 Å². The lowest BCUT2D eigenvalue weighted by atomic mass is 10.1. The van der Waals surface area contributed by atoms with Crippen molar-refractivity contribution in [2.45, 2.75) is 53.0 Å². The number of hydrogen-bond acceptors (Lipinski definition) is 5. The van der Waals surface area contributed by atoms with Crippen molar-refractivity contribution < 1.29 is 8.42 Å². The van der Waals surface area contributed by atoms with Gasteiger partial charge in [-0.2, -0.15) is 0 Å². The summed E-state index contributed by atoms with van der Waals surface area (Å²) in [6.45, 7) is 8.99. The molecule has 0 fully saturated rings. The normalized spacial score (nSPS) is 16.4. The van der Waals surface area contributed by atoms with Crippen LogP contribution in [0.2, 0.25) is 0 Å². The van der Waals surface area contributed by atoms with E-state index in [2.05, 4.69) is 15.3 Å². The van der Waals surface area contributed by atoms with Crippen molar-refractivity contribution in [1.29, 1.82) is 0 Å². The molecule has 1 aliphatic heterocycles. The molecule has 0 spiro atoms. The molecule has 0 atom stereocenters. The summed E-state index contributed by atoms with van der Waals surface area (Å²) in [6, 6.07) is 0.268. The quantitative estimate of drug-likeness (QED) is 0.892. The molecule has 1 aromatic rings. The Morgan fingerprint density at radius 1 is 1.23 bits per heavy atom. The maximum atomic E-state index is 12.3. The number of sulfonamides is 1. The highest BCUT2D eigenvalue weighted by Gasteiger charge is 2.25. The summed E-state index contributed by atoms with van der Waals surface area (Å²) in [5.74, 6) is 0.852. The summed E-state index contributed by atoms with van der Waals surface area (Å²) >= 11 is 0. The molecule has 2 heterocycles. The molecule has 0 amide bonds. The molecule has 0 saturated carbocycles. The van der Waals surface area contributed by atoms with Gasteiger partial charge in [0.25, 0.3) is 0 Å². The van der Waals surface area contributed by atoms with Crippen molar-refractivity contribution in [1.82, 2.24) is 14.3 Å². The van der Waals surface area contributed by atoms with E-state index in [9.17, 15) is 8.42 Å². The number of hydrogen-bond donors (Lipinski definition) is 1.